The fourth-order valence-electron chi connectivity index (χ4n) is 2.18. The summed E-state index contributed by atoms with van der Waals surface area (Å²) in [5.74, 6) is -0.559. The van der Waals surface area contributed by atoms with Gasteiger partial charge in [0, 0.05) is 22.7 Å². The van der Waals surface area contributed by atoms with E-state index >= 15 is 0 Å². The summed E-state index contributed by atoms with van der Waals surface area (Å²) in [6.45, 7) is 1.67. The zero-order valence-corrected chi connectivity index (χ0v) is 10.9. The van der Waals surface area contributed by atoms with Gasteiger partial charge in [-0.1, -0.05) is 30.3 Å². The first-order chi connectivity index (χ1) is 9.66. The summed E-state index contributed by atoms with van der Waals surface area (Å²) in [7, 11) is 0. The van der Waals surface area contributed by atoms with Gasteiger partial charge in [-0.3, -0.25) is 9.78 Å². The molecule has 3 heteroatoms. The predicted octanol–water partition coefficient (Wildman–Crippen LogP) is 3.91. The van der Waals surface area contributed by atoms with Crippen molar-refractivity contribution >= 4 is 16.7 Å². The minimum Gasteiger partial charge on any atom is -0.289 e. The zero-order valence-electron chi connectivity index (χ0n) is 10.9. The second-order valence-corrected chi connectivity index (χ2v) is 4.67. The molecule has 3 aromatic rings. The molecule has 1 heterocycles. The van der Waals surface area contributed by atoms with Crippen molar-refractivity contribution in [1.82, 2.24) is 4.98 Å². The van der Waals surface area contributed by atoms with Crippen LogP contribution in [0.4, 0.5) is 4.39 Å². The first-order valence-corrected chi connectivity index (χ1v) is 6.31. The van der Waals surface area contributed by atoms with E-state index in [1.54, 1.807) is 31.3 Å². The van der Waals surface area contributed by atoms with Crippen LogP contribution in [0.1, 0.15) is 21.5 Å². The second-order valence-electron chi connectivity index (χ2n) is 4.67. The topological polar surface area (TPSA) is 30.0 Å². The van der Waals surface area contributed by atoms with Gasteiger partial charge in [-0.2, -0.15) is 0 Å². The molecule has 3 rings (SSSR count). The molecule has 20 heavy (non-hydrogen) atoms. The molecule has 2 nitrogen and oxygen atoms in total. The molecule has 2 aromatic carbocycles. The Morgan fingerprint density at radius 2 is 1.90 bits per heavy atom. The number of ketones is 1. The summed E-state index contributed by atoms with van der Waals surface area (Å²) >= 11 is 0. The minimum atomic E-state index is -0.366. The van der Waals surface area contributed by atoms with Gasteiger partial charge in [0.25, 0.3) is 0 Å². The van der Waals surface area contributed by atoms with Crippen molar-refractivity contribution in [3.63, 3.8) is 0 Å². The van der Waals surface area contributed by atoms with E-state index in [1.165, 1.54) is 6.07 Å². The lowest BCUT2D eigenvalue weighted by atomic mass is 9.99. The van der Waals surface area contributed by atoms with Crippen LogP contribution in [0.3, 0.4) is 0 Å². The Morgan fingerprint density at radius 1 is 1.10 bits per heavy atom. The van der Waals surface area contributed by atoms with Crippen LogP contribution in [0.25, 0.3) is 10.9 Å². The third kappa shape index (κ3) is 2.07. The fourth-order valence-corrected chi connectivity index (χ4v) is 2.18. The molecule has 0 spiro atoms. The van der Waals surface area contributed by atoms with Crippen LogP contribution >= 0.6 is 0 Å². The highest BCUT2D eigenvalue weighted by Crippen LogP contribution is 2.20. The molecule has 0 atom stereocenters. The van der Waals surface area contributed by atoms with Crippen molar-refractivity contribution in [1.29, 1.82) is 0 Å². The SMILES string of the molecule is Cc1ccc(C(=O)c2ccnc3ccccc23)cc1F. The van der Waals surface area contributed by atoms with Gasteiger partial charge >= 0.3 is 0 Å². The van der Waals surface area contributed by atoms with Crippen molar-refractivity contribution in [3.05, 3.63) is 77.2 Å². The third-order valence-electron chi connectivity index (χ3n) is 3.33. The standard InChI is InChI=1S/C17H12FNO/c1-11-6-7-12(10-15(11)18)17(20)14-8-9-19-16-5-3-2-4-13(14)16/h2-10H,1H3. The average Bonchev–Trinajstić information content (AvgIpc) is 2.49. The summed E-state index contributed by atoms with van der Waals surface area (Å²) in [6.07, 6.45) is 1.60. The van der Waals surface area contributed by atoms with Gasteiger partial charge in [0.15, 0.2) is 5.78 Å². The molecule has 0 saturated heterocycles. The lowest BCUT2D eigenvalue weighted by molar-refractivity contribution is 0.104. The molecule has 0 fully saturated rings. The highest BCUT2D eigenvalue weighted by atomic mass is 19.1. The second kappa shape index (κ2) is 4.85. The maximum absolute atomic E-state index is 13.6. The first-order valence-electron chi connectivity index (χ1n) is 6.31. The number of carbonyl (C=O) groups excluding carboxylic acids is 1. The molecule has 0 aliphatic heterocycles. The largest absolute Gasteiger partial charge is 0.289 e. The number of halogens is 1. The van der Waals surface area contributed by atoms with Crippen LogP contribution in [0.5, 0.6) is 0 Å². The van der Waals surface area contributed by atoms with Crippen LogP contribution in [-0.4, -0.2) is 10.8 Å². The normalized spacial score (nSPS) is 10.7. The van der Waals surface area contributed by atoms with E-state index < -0.39 is 0 Å². The highest BCUT2D eigenvalue weighted by Gasteiger charge is 2.13. The zero-order chi connectivity index (χ0) is 14.1. The number of nitrogens with zero attached hydrogens (tertiary/aromatic N) is 1. The number of benzene rings is 2. The Kier molecular flexibility index (Phi) is 3.03. The third-order valence-corrected chi connectivity index (χ3v) is 3.33. The van der Waals surface area contributed by atoms with E-state index in [0.717, 1.165) is 10.9 Å². The maximum atomic E-state index is 13.6. The van der Waals surface area contributed by atoms with Crippen molar-refractivity contribution in [2.24, 2.45) is 0 Å². The Balaban J connectivity index is 2.15. The van der Waals surface area contributed by atoms with Gasteiger partial charge in [0.05, 0.1) is 5.52 Å². The Bertz CT molecular complexity index is 806. The lowest BCUT2D eigenvalue weighted by Gasteiger charge is -2.06. The molecule has 0 bridgehead atoms. The Morgan fingerprint density at radius 3 is 2.70 bits per heavy atom. The Hall–Kier alpha value is -2.55. The van der Waals surface area contributed by atoms with Gasteiger partial charge in [-0.25, -0.2) is 4.39 Å². The molecule has 0 aliphatic carbocycles. The molecule has 1 aromatic heterocycles. The molecule has 0 unspecified atom stereocenters. The molecule has 0 N–H and O–H groups in total. The summed E-state index contributed by atoms with van der Waals surface area (Å²) in [5, 5.41) is 0.779. The van der Waals surface area contributed by atoms with Gasteiger partial charge in [-0.05, 0) is 30.7 Å². The smallest absolute Gasteiger partial charge is 0.193 e. The minimum absolute atomic E-state index is 0.192. The van der Waals surface area contributed by atoms with Gasteiger partial charge in [0.2, 0.25) is 0 Å². The van der Waals surface area contributed by atoms with E-state index in [1.807, 2.05) is 24.3 Å². The summed E-state index contributed by atoms with van der Waals surface area (Å²) in [4.78, 5) is 16.8. The summed E-state index contributed by atoms with van der Waals surface area (Å²) in [5.41, 5.74) is 2.18. The molecule has 0 radical (unpaired) electrons. The number of aromatic nitrogens is 1. The maximum Gasteiger partial charge on any atom is 0.193 e. The number of para-hydroxylation sites is 1. The van der Waals surface area contributed by atoms with Crippen LogP contribution in [0.2, 0.25) is 0 Å². The number of pyridine rings is 1. The van der Waals surface area contributed by atoms with E-state index in [-0.39, 0.29) is 11.6 Å². The molecular formula is C17H12FNO. The molecule has 0 amide bonds. The van der Waals surface area contributed by atoms with Crippen molar-refractivity contribution < 1.29 is 9.18 Å². The monoisotopic (exact) mass is 265 g/mol. The van der Waals surface area contributed by atoms with Crippen molar-refractivity contribution in [3.8, 4) is 0 Å². The number of fused-ring (bicyclic) bond motifs is 1. The van der Waals surface area contributed by atoms with Crippen LogP contribution in [0, 0.1) is 12.7 Å². The Labute approximate surface area is 115 Å². The van der Waals surface area contributed by atoms with Gasteiger partial charge in [0.1, 0.15) is 5.82 Å². The number of hydrogen-bond acceptors (Lipinski definition) is 2. The lowest BCUT2D eigenvalue weighted by Crippen LogP contribution is -2.03. The van der Waals surface area contributed by atoms with E-state index in [4.69, 9.17) is 0 Å². The molecular weight excluding hydrogens is 253 g/mol. The van der Waals surface area contributed by atoms with Crippen LogP contribution < -0.4 is 0 Å². The van der Waals surface area contributed by atoms with E-state index in [9.17, 15) is 9.18 Å². The van der Waals surface area contributed by atoms with Crippen molar-refractivity contribution in [2.75, 3.05) is 0 Å². The quantitative estimate of drug-likeness (QED) is 0.657. The molecule has 0 saturated carbocycles. The highest BCUT2D eigenvalue weighted by molar-refractivity contribution is 6.15. The number of aryl methyl sites for hydroxylation is 1. The summed E-state index contributed by atoms with van der Waals surface area (Å²) in [6, 6.07) is 13.6. The average molecular weight is 265 g/mol. The van der Waals surface area contributed by atoms with Gasteiger partial charge < -0.3 is 0 Å². The van der Waals surface area contributed by atoms with Crippen LogP contribution in [0.15, 0.2) is 54.7 Å². The van der Waals surface area contributed by atoms with Crippen LogP contribution in [-0.2, 0) is 0 Å². The molecule has 0 aliphatic rings. The number of rotatable bonds is 2. The van der Waals surface area contributed by atoms with E-state index in [2.05, 4.69) is 4.98 Å². The number of carbonyl (C=O) groups is 1. The summed E-state index contributed by atoms with van der Waals surface area (Å²) < 4.78 is 13.6. The van der Waals surface area contributed by atoms with Crippen molar-refractivity contribution in [2.45, 2.75) is 6.92 Å². The predicted molar refractivity (Wildman–Crippen MR) is 76.3 cm³/mol. The fraction of sp³-hybridized carbons (Fsp3) is 0.0588. The van der Waals surface area contributed by atoms with Gasteiger partial charge in [-0.15, -0.1) is 0 Å². The number of hydrogen-bond donors (Lipinski definition) is 0. The van der Waals surface area contributed by atoms with E-state index in [0.29, 0.717) is 16.7 Å². The first kappa shape index (κ1) is 12.5. The molecule has 98 valence electrons.